The van der Waals surface area contributed by atoms with Crippen LogP contribution in [0.25, 0.3) is 6.08 Å². The molecule has 0 aliphatic heterocycles. The SMILES string of the molecule is Cc1cc(C)c(/C=C/C(=O)Nc2sccc2C#N)cc1C. The van der Waals surface area contributed by atoms with Crippen molar-refractivity contribution in [2.75, 3.05) is 5.32 Å². The van der Waals surface area contributed by atoms with Crippen LogP contribution in [-0.2, 0) is 4.79 Å². The molecule has 0 unspecified atom stereocenters. The summed E-state index contributed by atoms with van der Waals surface area (Å²) in [4.78, 5) is 11.9. The molecule has 0 spiro atoms. The first-order chi connectivity index (χ1) is 10.0. The fourth-order valence-corrected chi connectivity index (χ4v) is 2.72. The van der Waals surface area contributed by atoms with Crippen LogP contribution in [0.15, 0.2) is 29.7 Å². The Morgan fingerprint density at radius 3 is 2.67 bits per heavy atom. The van der Waals surface area contributed by atoms with Crippen molar-refractivity contribution in [3.63, 3.8) is 0 Å². The van der Waals surface area contributed by atoms with Crippen molar-refractivity contribution in [3.05, 3.63) is 57.5 Å². The zero-order valence-corrected chi connectivity index (χ0v) is 13.0. The average Bonchev–Trinajstić information content (AvgIpc) is 2.88. The maximum atomic E-state index is 11.9. The fraction of sp³-hybridized carbons (Fsp3) is 0.176. The fourth-order valence-electron chi connectivity index (χ4n) is 1.98. The van der Waals surface area contributed by atoms with E-state index in [2.05, 4.69) is 31.3 Å². The number of rotatable bonds is 3. The van der Waals surface area contributed by atoms with Gasteiger partial charge in [0, 0.05) is 6.08 Å². The summed E-state index contributed by atoms with van der Waals surface area (Å²) in [6.07, 6.45) is 3.30. The van der Waals surface area contributed by atoms with Gasteiger partial charge < -0.3 is 5.32 Å². The zero-order chi connectivity index (χ0) is 15.4. The molecule has 1 amide bonds. The number of hydrogen-bond donors (Lipinski definition) is 1. The third-order valence-electron chi connectivity index (χ3n) is 3.32. The van der Waals surface area contributed by atoms with Crippen molar-refractivity contribution in [2.45, 2.75) is 20.8 Å². The van der Waals surface area contributed by atoms with Gasteiger partial charge in [0.15, 0.2) is 0 Å². The number of anilines is 1. The molecule has 2 aromatic rings. The molecule has 1 aromatic heterocycles. The van der Waals surface area contributed by atoms with Gasteiger partial charge in [0.2, 0.25) is 5.91 Å². The van der Waals surface area contributed by atoms with Crippen molar-refractivity contribution >= 4 is 28.3 Å². The molecule has 1 heterocycles. The Morgan fingerprint density at radius 1 is 1.24 bits per heavy atom. The number of nitriles is 1. The first-order valence-corrected chi connectivity index (χ1v) is 7.43. The number of benzene rings is 1. The van der Waals surface area contributed by atoms with Crippen LogP contribution in [0, 0.1) is 32.1 Å². The number of amides is 1. The molecule has 0 fully saturated rings. The third-order valence-corrected chi connectivity index (χ3v) is 4.15. The predicted molar refractivity (Wildman–Crippen MR) is 87.4 cm³/mol. The first-order valence-electron chi connectivity index (χ1n) is 6.55. The molecular weight excluding hydrogens is 280 g/mol. The Bertz CT molecular complexity index is 751. The van der Waals surface area contributed by atoms with Crippen molar-refractivity contribution in [1.29, 1.82) is 5.26 Å². The van der Waals surface area contributed by atoms with E-state index in [-0.39, 0.29) is 5.91 Å². The van der Waals surface area contributed by atoms with Gasteiger partial charge in [-0.15, -0.1) is 11.3 Å². The van der Waals surface area contributed by atoms with Crippen LogP contribution in [0.2, 0.25) is 0 Å². The maximum absolute atomic E-state index is 11.9. The number of aryl methyl sites for hydroxylation is 3. The number of hydrogen-bond acceptors (Lipinski definition) is 3. The van der Waals surface area contributed by atoms with E-state index in [1.165, 1.54) is 28.5 Å². The molecule has 0 aliphatic rings. The number of nitrogens with zero attached hydrogens (tertiary/aromatic N) is 1. The number of carbonyl (C=O) groups excluding carboxylic acids is 1. The lowest BCUT2D eigenvalue weighted by molar-refractivity contribution is -0.111. The lowest BCUT2D eigenvalue weighted by Gasteiger charge is -2.06. The molecule has 0 aliphatic carbocycles. The summed E-state index contributed by atoms with van der Waals surface area (Å²) >= 11 is 1.34. The van der Waals surface area contributed by atoms with Gasteiger partial charge in [0.25, 0.3) is 0 Å². The number of thiophene rings is 1. The maximum Gasteiger partial charge on any atom is 0.249 e. The molecule has 1 aromatic carbocycles. The topological polar surface area (TPSA) is 52.9 Å². The molecule has 0 atom stereocenters. The van der Waals surface area contributed by atoms with E-state index in [9.17, 15) is 4.79 Å². The second-order valence-electron chi connectivity index (χ2n) is 4.89. The predicted octanol–water partition coefficient (Wildman–Crippen LogP) is 4.20. The van der Waals surface area contributed by atoms with E-state index >= 15 is 0 Å². The molecule has 0 bridgehead atoms. The summed E-state index contributed by atoms with van der Waals surface area (Å²) in [6, 6.07) is 7.92. The van der Waals surface area contributed by atoms with Gasteiger partial charge in [-0.1, -0.05) is 12.1 Å². The summed E-state index contributed by atoms with van der Waals surface area (Å²) in [5.41, 5.74) is 5.09. The molecular formula is C17H16N2OS. The summed E-state index contributed by atoms with van der Waals surface area (Å²) in [7, 11) is 0. The lowest BCUT2D eigenvalue weighted by Crippen LogP contribution is -2.07. The van der Waals surface area contributed by atoms with Crippen LogP contribution in [0.5, 0.6) is 0 Å². The summed E-state index contributed by atoms with van der Waals surface area (Å²) in [6.45, 7) is 6.15. The van der Waals surface area contributed by atoms with Crippen LogP contribution < -0.4 is 5.32 Å². The molecule has 0 saturated carbocycles. The minimum atomic E-state index is -0.230. The highest BCUT2D eigenvalue weighted by Gasteiger charge is 2.06. The highest BCUT2D eigenvalue weighted by molar-refractivity contribution is 7.14. The van der Waals surface area contributed by atoms with Crippen LogP contribution in [0.4, 0.5) is 5.00 Å². The average molecular weight is 296 g/mol. The van der Waals surface area contributed by atoms with Crippen LogP contribution in [0.1, 0.15) is 27.8 Å². The largest absolute Gasteiger partial charge is 0.313 e. The van der Waals surface area contributed by atoms with Gasteiger partial charge in [-0.05, 0) is 60.5 Å². The normalized spacial score (nSPS) is 10.6. The Kier molecular flexibility index (Phi) is 4.56. The van der Waals surface area contributed by atoms with E-state index in [1.807, 2.05) is 13.0 Å². The second kappa shape index (κ2) is 6.38. The minimum Gasteiger partial charge on any atom is -0.313 e. The molecule has 1 N–H and O–H groups in total. The van der Waals surface area contributed by atoms with E-state index < -0.39 is 0 Å². The van der Waals surface area contributed by atoms with Gasteiger partial charge >= 0.3 is 0 Å². The molecule has 0 radical (unpaired) electrons. The first kappa shape index (κ1) is 15.0. The highest BCUT2D eigenvalue weighted by atomic mass is 32.1. The molecule has 3 nitrogen and oxygen atoms in total. The lowest BCUT2D eigenvalue weighted by atomic mass is 10.0. The van der Waals surface area contributed by atoms with E-state index in [0.29, 0.717) is 10.6 Å². The summed E-state index contributed by atoms with van der Waals surface area (Å²) in [5.74, 6) is -0.230. The molecule has 0 saturated heterocycles. The third kappa shape index (κ3) is 3.59. The van der Waals surface area contributed by atoms with Crippen molar-refractivity contribution < 1.29 is 4.79 Å². The van der Waals surface area contributed by atoms with Crippen LogP contribution in [-0.4, -0.2) is 5.91 Å². The monoisotopic (exact) mass is 296 g/mol. The van der Waals surface area contributed by atoms with Gasteiger partial charge in [-0.2, -0.15) is 5.26 Å². The molecule has 2 rings (SSSR count). The van der Waals surface area contributed by atoms with Gasteiger partial charge in [0.05, 0.1) is 5.56 Å². The van der Waals surface area contributed by atoms with Crippen LogP contribution >= 0.6 is 11.3 Å². The van der Waals surface area contributed by atoms with Crippen molar-refractivity contribution in [2.24, 2.45) is 0 Å². The van der Waals surface area contributed by atoms with E-state index in [4.69, 9.17) is 5.26 Å². The Labute approximate surface area is 128 Å². The Hall–Kier alpha value is -2.38. The molecule has 21 heavy (non-hydrogen) atoms. The van der Waals surface area contributed by atoms with E-state index in [0.717, 1.165) is 11.1 Å². The van der Waals surface area contributed by atoms with Gasteiger partial charge in [-0.3, -0.25) is 4.79 Å². The summed E-state index contributed by atoms with van der Waals surface area (Å²) < 4.78 is 0. The van der Waals surface area contributed by atoms with Crippen molar-refractivity contribution in [1.82, 2.24) is 0 Å². The standard InChI is InChI=1S/C17H16N2OS/c1-11-8-13(3)14(9-12(11)2)4-5-16(20)19-17-15(10-18)6-7-21-17/h4-9H,1-3H3,(H,19,20)/b5-4+. The van der Waals surface area contributed by atoms with Crippen LogP contribution in [0.3, 0.4) is 0 Å². The quantitative estimate of drug-likeness (QED) is 0.863. The van der Waals surface area contributed by atoms with Gasteiger partial charge in [-0.25, -0.2) is 0 Å². The van der Waals surface area contributed by atoms with Crippen molar-refractivity contribution in [3.8, 4) is 6.07 Å². The molecule has 4 heteroatoms. The highest BCUT2D eigenvalue weighted by Crippen LogP contribution is 2.22. The summed E-state index contributed by atoms with van der Waals surface area (Å²) in [5, 5.41) is 14.0. The van der Waals surface area contributed by atoms with Gasteiger partial charge in [0.1, 0.15) is 11.1 Å². The number of carbonyl (C=O) groups is 1. The smallest absolute Gasteiger partial charge is 0.249 e. The Balaban J connectivity index is 2.13. The Morgan fingerprint density at radius 2 is 1.95 bits per heavy atom. The second-order valence-corrected chi connectivity index (χ2v) is 5.81. The van der Waals surface area contributed by atoms with E-state index in [1.54, 1.807) is 17.5 Å². The zero-order valence-electron chi connectivity index (χ0n) is 12.2. The minimum absolute atomic E-state index is 0.230. The number of nitrogens with one attached hydrogen (secondary N) is 1. The molecule has 106 valence electrons.